The summed E-state index contributed by atoms with van der Waals surface area (Å²) in [5.74, 6) is 0.789. The van der Waals surface area contributed by atoms with E-state index in [9.17, 15) is 4.79 Å². The van der Waals surface area contributed by atoms with Gasteiger partial charge in [0.25, 0.3) is 0 Å². The second kappa shape index (κ2) is 4.88. The molecule has 0 fully saturated rings. The number of pyridine rings is 1. The summed E-state index contributed by atoms with van der Waals surface area (Å²) in [5, 5.41) is 2.82. The SMILES string of the molecule is CCCC1N=C(Cc2cccnc2)NC1=O. The van der Waals surface area contributed by atoms with Crippen LogP contribution < -0.4 is 5.32 Å². The van der Waals surface area contributed by atoms with E-state index in [1.165, 1.54) is 0 Å². The highest BCUT2D eigenvalue weighted by atomic mass is 16.2. The van der Waals surface area contributed by atoms with E-state index >= 15 is 0 Å². The van der Waals surface area contributed by atoms with Gasteiger partial charge < -0.3 is 5.32 Å². The Balaban J connectivity index is 2.02. The molecule has 84 valence electrons. The zero-order valence-electron chi connectivity index (χ0n) is 9.31. The van der Waals surface area contributed by atoms with Crippen molar-refractivity contribution in [2.75, 3.05) is 0 Å². The van der Waals surface area contributed by atoms with Crippen molar-refractivity contribution >= 4 is 11.7 Å². The van der Waals surface area contributed by atoms with Crippen LogP contribution in [0.15, 0.2) is 29.5 Å². The zero-order chi connectivity index (χ0) is 11.4. The van der Waals surface area contributed by atoms with E-state index in [-0.39, 0.29) is 11.9 Å². The fourth-order valence-corrected chi connectivity index (χ4v) is 1.76. The van der Waals surface area contributed by atoms with E-state index in [2.05, 4.69) is 22.2 Å². The Morgan fingerprint density at radius 2 is 2.38 bits per heavy atom. The van der Waals surface area contributed by atoms with E-state index < -0.39 is 0 Å². The van der Waals surface area contributed by atoms with Gasteiger partial charge in [-0.3, -0.25) is 14.8 Å². The third-order valence-corrected chi connectivity index (χ3v) is 2.54. The van der Waals surface area contributed by atoms with E-state index in [0.717, 1.165) is 24.2 Å². The van der Waals surface area contributed by atoms with Crippen LogP contribution in [0, 0.1) is 0 Å². The number of nitrogens with one attached hydrogen (secondary N) is 1. The minimum atomic E-state index is -0.184. The van der Waals surface area contributed by atoms with Crippen LogP contribution in [0.1, 0.15) is 25.3 Å². The average molecular weight is 217 g/mol. The second-order valence-electron chi connectivity index (χ2n) is 3.91. The number of amides is 1. The van der Waals surface area contributed by atoms with Crippen molar-refractivity contribution in [3.8, 4) is 0 Å². The van der Waals surface area contributed by atoms with E-state index in [1.54, 1.807) is 12.4 Å². The van der Waals surface area contributed by atoms with Crippen molar-refractivity contribution in [2.24, 2.45) is 4.99 Å². The van der Waals surface area contributed by atoms with Gasteiger partial charge in [0.2, 0.25) is 5.91 Å². The molecule has 1 aliphatic heterocycles. The first-order chi connectivity index (χ1) is 7.79. The smallest absolute Gasteiger partial charge is 0.250 e. The van der Waals surface area contributed by atoms with Gasteiger partial charge in [-0.05, 0) is 18.1 Å². The third kappa shape index (κ3) is 2.45. The number of carbonyl (C=O) groups is 1. The maximum Gasteiger partial charge on any atom is 0.250 e. The van der Waals surface area contributed by atoms with Crippen molar-refractivity contribution in [1.29, 1.82) is 0 Å². The quantitative estimate of drug-likeness (QED) is 0.827. The molecule has 4 nitrogen and oxygen atoms in total. The molecule has 4 heteroatoms. The molecule has 1 amide bonds. The molecule has 0 saturated heterocycles. The predicted octanol–water partition coefficient (Wildman–Crippen LogP) is 1.32. The number of nitrogens with zero attached hydrogens (tertiary/aromatic N) is 2. The Morgan fingerprint density at radius 1 is 1.50 bits per heavy atom. The number of rotatable bonds is 4. The standard InChI is InChI=1S/C12H15N3O/c1-2-4-10-12(16)15-11(14-10)7-9-5-3-6-13-8-9/h3,5-6,8,10H,2,4,7H2,1H3,(H,14,15,16). The predicted molar refractivity (Wildman–Crippen MR) is 62.2 cm³/mol. The molecule has 1 unspecified atom stereocenters. The maximum absolute atomic E-state index is 11.5. The van der Waals surface area contributed by atoms with Crippen molar-refractivity contribution in [3.05, 3.63) is 30.1 Å². The fraction of sp³-hybridized carbons (Fsp3) is 0.417. The van der Waals surface area contributed by atoms with Gasteiger partial charge in [-0.1, -0.05) is 19.4 Å². The van der Waals surface area contributed by atoms with Gasteiger partial charge in [0.1, 0.15) is 11.9 Å². The molecule has 16 heavy (non-hydrogen) atoms. The summed E-state index contributed by atoms with van der Waals surface area (Å²) >= 11 is 0. The zero-order valence-corrected chi connectivity index (χ0v) is 9.31. The first kappa shape index (κ1) is 10.8. The molecule has 0 aromatic carbocycles. The summed E-state index contributed by atoms with van der Waals surface area (Å²) in [6, 6.07) is 3.68. The lowest BCUT2D eigenvalue weighted by Crippen LogP contribution is -2.29. The lowest BCUT2D eigenvalue weighted by molar-refractivity contribution is -0.120. The van der Waals surface area contributed by atoms with Gasteiger partial charge in [-0.15, -0.1) is 0 Å². The average Bonchev–Trinajstić information content (AvgIpc) is 2.61. The monoisotopic (exact) mass is 217 g/mol. The van der Waals surface area contributed by atoms with Crippen LogP contribution in [0.5, 0.6) is 0 Å². The van der Waals surface area contributed by atoms with Crippen molar-refractivity contribution in [2.45, 2.75) is 32.2 Å². The number of hydrogen-bond acceptors (Lipinski definition) is 3. The van der Waals surface area contributed by atoms with Gasteiger partial charge in [-0.25, -0.2) is 0 Å². The Morgan fingerprint density at radius 3 is 3.06 bits per heavy atom. The Bertz CT molecular complexity index is 400. The van der Waals surface area contributed by atoms with Crippen molar-refractivity contribution < 1.29 is 4.79 Å². The largest absolute Gasteiger partial charge is 0.312 e. The lowest BCUT2D eigenvalue weighted by atomic mass is 10.2. The topological polar surface area (TPSA) is 54.4 Å². The van der Waals surface area contributed by atoms with Crippen molar-refractivity contribution in [3.63, 3.8) is 0 Å². The minimum Gasteiger partial charge on any atom is -0.312 e. The second-order valence-corrected chi connectivity index (χ2v) is 3.91. The van der Waals surface area contributed by atoms with Gasteiger partial charge >= 0.3 is 0 Å². The normalized spacial score (nSPS) is 19.4. The highest BCUT2D eigenvalue weighted by Gasteiger charge is 2.24. The van der Waals surface area contributed by atoms with Crippen LogP contribution in [0.2, 0.25) is 0 Å². The fourth-order valence-electron chi connectivity index (χ4n) is 1.76. The number of hydrogen-bond donors (Lipinski definition) is 1. The summed E-state index contributed by atoms with van der Waals surface area (Å²) in [6.45, 7) is 2.06. The number of aliphatic imine (C=N–C) groups is 1. The van der Waals surface area contributed by atoms with Crippen LogP contribution in [0.4, 0.5) is 0 Å². The molecule has 2 heterocycles. The van der Waals surface area contributed by atoms with Gasteiger partial charge in [0.05, 0.1) is 0 Å². The van der Waals surface area contributed by atoms with E-state index in [4.69, 9.17) is 0 Å². The molecular weight excluding hydrogens is 202 g/mol. The lowest BCUT2D eigenvalue weighted by Gasteiger charge is -2.00. The first-order valence-electron chi connectivity index (χ1n) is 5.56. The highest BCUT2D eigenvalue weighted by molar-refractivity contribution is 6.06. The summed E-state index contributed by atoms with van der Waals surface area (Å²) in [6.07, 6.45) is 5.98. The molecule has 1 aromatic heterocycles. The maximum atomic E-state index is 11.5. The molecular formula is C12H15N3O. The van der Waals surface area contributed by atoms with Crippen LogP contribution in [0.25, 0.3) is 0 Å². The Hall–Kier alpha value is -1.71. The third-order valence-electron chi connectivity index (χ3n) is 2.54. The van der Waals surface area contributed by atoms with Gasteiger partial charge in [0, 0.05) is 18.8 Å². The van der Waals surface area contributed by atoms with Crippen LogP contribution >= 0.6 is 0 Å². The molecule has 2 rings (SSSR count). The van der Waals surface area contributed by atoms with Gasteiger partial charge in [0.15, 0.2) is 0 Å². The molecule has 0 bridgehead atoms. The van der Waals surface area contributed by atoms with Gasteiger partial charge in [-0.2, -0.15) is 0 Å². The number of aromatic nitrogens is 1. The summed E-state index contributed by atoms with van der Waals surface area (Å²) in [7, 11) is 0. The van der Waals surface area contributed by atoms with Crippen LogP contribution in [-0.4, -0.2) is 22.8 Å². The van der Waals surface area contributed by atoms with Crippen LogP contribution in [-0.2, 0) is 11.2 Å². The van der Waals surface area contributed by atoms with E-state index in [0.29, 0.717) is 6.42 Å². The number of amidine groups is 1. The van der Waals surface area contributed by atoms with E-state index in [1.807, 2.05) is 12.1 Å². The molecule has 0 radical (unpaired) electrons. The summed E-state index contributed by atoms with van der Waals surface area (Å²) in [4.78, 5) is 19.9. The molecule has 1 aromatic rings. The minimum absolute atomic E-state index is 0.0285. The first-order valence-corrected chi connectivity index (χ1v) is 5.56. The molecule has 1 atom stereocenters. The molecule has 0 saturated carbocycles. The molecule has 1 aliphatic rings. The number of carbonyl (C=O) groups excluding carboxylic acids is 1. The molecule has 0 aliphatic carbocycles. The van der Waals surface area contributed by atoms with Crippen LogP contribution in [0.3, 0.4) is 0 Å². The molecule has 0 spiro atoms. The summed E-state index contributed by atoms with van der Waals surface area (Å²) in [5.41, 5.74) is 1.07. The Labute approximate surface area is 94.8 Å². The van der Waals surface area contributed by atoms with Crippen molar-refractivity contribution in [1.82, 2.24) is 10.3 Å². The Kier molecular flexibility index (Phi) is 3.29. The highest BCUT2D eigenvalue weighted by Crippen LogP contribution is 2.10. The molecule has 1 N–H and O–H groups in total. The summed E-state index contributed by atoms with van der Waals surface area (Å²) < 4.78 is 0.